The van der Waals surface area contributed by atoms with Crippen LogP contribution in [0.3, 0.4) is 0 Å². The normalized spacial score (nSPS) is 10.1. The molecule has 4 nitrogen and oxygen atoms in total. The van der Waals surface area contributed by atoms with Gasteiger partial charge in [0.05, 0.1) is 18.9 Å². The largest absolute Gasteiger partial charge is 0.472 e. The van der Waals surface area contributed by atoms with Crippen LogP contribution in [0.4, 0.5) is 0 Å². The number of thiocarbonyl (C=S) groups is 1. The molecule has 0 aliphatic carbocycles. The molecule has 5 heteroatoms. The van der Waals surface area contributed by atoms with Gasteiger partial charge in [0.25, 0.3) is 0 Å². The van der Waals surface area contributed by atoms with Crippen LogP contribution in [0, 0.1) is 0 Å². The Kier molecular flexibility index (Phi) is 4.30. The molecule has 0 unspecified atom stereocenters. The van der Waals surface area contributed by atoms with Crippen molar-refractivity contribution in [3.8, 4) is 0 Å². The molecule has 2 aromatic rings. The van der Waals surface area contributed by atoms with Gasteiger partial charge in [-0.15, -0.1) is 0 Å². The van der Waals surface area contributed by atoms with Crippen molar-refractivity contribution in [2.45, 2.75) is 13.0 Å². The summed E-state index contributed by atoms with van der Waals surface area (Å²) in [7, 11) is 0. The zero-order chi connectivity index (χ0) is 13.7. The van der Waals surface area contributed by atoms with Crippen molar-refractivity contribution in [2.24, 2.45) is 5.73 Å². The molecule has 0 radical (unpaired) electrons. The van der Waals surface area contributed by atoms with E-state index in [1.54, 1.807) is 12.5 Å². The maximum Gasteiger partial charge on any atom is 0.224 e. The third kappa shape index (κ3) is 3.93. The predicted octanol–water partition coefficient (Wildman–Crippen LogP) is 1.77. The predicted molar refractivity (Wildman–Crippen MR) is 76.6 cm³/mol. The van der Waals surface area contributed by atoms with Crippen molar-refractivity contribution in [3.05, 3.63) is 59.5 Å². The third-order valence-corrected chi connectivity index (χ3v) is 2.91. The van der Waals surface area contributed by atoms with Crippen LogP contribution in [0.1, 0.15) is 16.7 Å². The summed E-state index contributed by atoms with van der Waals surface area (Å²) >= 11 is 4.87. The third-order valence-electron chi connectivity index (χ3n) is 2.67. The number of amides is 1. The Bertz CT molecular complexity index is 562. The number of nitrogens with one attached hydrogen (secondary N) is 1. The van der Waals surface area contributed by atoms with Gasteiger partial charge in [0, 0.05) is 17.7 Å². The minimum atomic E-state index is -0.0377. The number of benzene rings is 1. The number of nitrogens with two attached hydrogens (primary N) is 1. The van der Waals surface area contributed by atoms with Crippen LogP contribution in [0.5, 0.6) is 0 Å². The van der Waals surface area contributed by atoms with E-state index in [-0.39, 0.29) is 5.91 Å². The lowest BCUT2D eigenvalue weighted by Gasteiger charge is -2.05. The lowest BCUT2D eigenvalue weighted by molar-refractivity contribution is -0.120. The molecule has 1 aromatic heterocycles. The fraction of sp³-hybridized carbons (Fsp3) is 0.143. The molecule has 0 aliphatic heterocycles. The van der Waals surface area contributed by atoms with Crippen molar-refractivity contribution >= 4 is 23.1 Å². The number of hydrogen-bond acceptors (Lipinski definition) is 3. The zero-order valence-electron chi connectivity index (χ0n) is 10.3. The molecule has 0 fully saturated rings. The molecule has 0 saturated heterocycles. The van der Waals surface area contributed by atoms with Gasteiger partial charge in [-0.05, 0) is 11.6 Å². The molecule has 1 heterocycles. The average molecular weight is 274 g/mol. The van der Waals surface area contributed by atoms with Gasteiger partial charge < -0.3 is 15.5 Å². The van der Waals surface area contributed by atoms with E-state index < -0.39 is 0 Å². The van der Waals surface area contributed by atoms with Crippen molar-refractivity contribution in [2.75, 3.05) is 0 Å². The Hall–Kier alpha value is -2.14. The molecular formula is C14H14N2O2S. The number of rotatable bonds is 5. The zero-order valence-corrected chi connectivity index (χ0v) is 11.1. The van der Waals surface area contributed by atoms with E-state index in [0.717, 1.165) is 16.7 Å². The van der Waals surface area contributed by atoms with Gasteiger partial charge in [0.15, 0.2) is 0 Å². The van der Waals surface area contributed by atoms with Gasteiger partial charge in [-0.1, -0.05) is 36.5 Å². The highest BCUT2D eigenvalue weighted by atomic mass is 32.1. The minimum Gasteiger partial charge on any atom is -0.472 e. The average Bonchev–Trinajstić information content (AvgIpc) is 2.90. The second-order valence-electron chi connectivity index (χ2n) is 4.15. The van der Waals surface area contributed by atoms with Crippen LogP contribution in [-0.4, -0.2) is 10.9 Å². The molecule has 0 aliphatic rings. The molecule has 3 N–H and O–H groups in total. The molecule has 1 aromatic carbocycles. The molecular weight excluding hydrogens is 260 g/mol. The van der Waals surface area contributed by atoms with Gasteiger partial charge in [0.2, 0.25) is 5.91 Å². The molecule has 2 rings (SSSR count). The molecule has 1 amide bonds. The summed E-state index contributed by atoms with van der Waals surface area (Å²) in [5, 5.41) is 2.82. The topological polar surface area (TPSA) is 68.3 Å². The van der Waals surface area contributed by atoms with E-state index in [9.17, 15) is 4.79 Å². The summed E-state index contributed by atoms with van der Waals surface area (Å²) in [5.74, 6) is -0.0377. The second-order valence-corrected chi connectivity index (χ2v) is 4.59. The highest BCUT2D eigenvalue weighted by Crippen LogP contribution is 2.05. The maximum absolute atomic E-state index is 11.7. The Labute approximate surface area is 116 Å². The van der Waals surface area contributed by atoms with E-state index in [4.69, 9.17) is 22.4 Å². The molecule has 0 bridgehead atoms. The first-order valence-corrected chi connectivity index (χ1v) is 6.22. The Balaban J connectivity index is 1.86. The van der Waals surface area contributed by atoms with Crippen LogP contribution in [-0.2, 0) is 17.8 Å². The van der Waals surface area contributed by atoms with E-state index in [0.29, 0.717) is 18.0 Å². The molecule has 0 saturated carbocycles. The summed E-state index contributed by atoms with van der Waals surface area (Å²) in [6, 6.07) is 9.16. The van der Waals surface area contributed by atoms with E-state index in [2.05, 4.69) is 5.32 Å². The van der Waals surface area contributed by atoms with Crippen molar-refractivity contribution in [1.82, 2.24) is 5.32 Å². The quantitative estimate of drug-likeness (QED) is 0.815. The van der Waals surface area contributed by atoms with Gasteiger partial charge in [-0.25, -0.2) is 0 Å². The number of carbonyl (C=O) groups is 1. The van der Waals surface area contributed by atoms with Gasteiger partial charge in [-0.3, -0.25) is 4.79 Å². The fourth-order valence-corrected chi connectivity index (χ4v) is 1.76. The van der Waals surface area contributed by atoms with E-state index in [1.165, 1.54) is 0 Å². The molecule has 19 heavy (non-hydrogen) atoms. The van der Waals surface area contributed by atoms with Crippen LogP contribution >= 0.6 is 12.2 Å². The highest BCUT2D eigenvalue weighted by molar-refractivity contribution is 7.80. The molecule has 0 atom stereocenters. The lowest BCUT2D eigenvalue weighted by Crippen LogP contribution is -2.24. The van der Waals surface area contributed by atoms with Gasteiger partial charge in [-0.2, -0.15) is 0 Å². The van der Waals surface area contributed by atoms with Crippen LogP contribution in [0.15, 0.2) is 47.3 Å². The summed E-state index contributed by atoms with van der Waals surface area (Å²) in [4.78, 5) is 12.1. The summed E-state index contributed by atoms with van der Waals surface area (Å²) in [6.07, 6.45) is 3.52. The van der Waals surface area contributed by atoms with Crippen molar-refractivity contribution in [3.63, 3.8) is 0 Å². The lowest BCUT2D eigenvalue weighted by atomic mass is 10.1. The Morgan fingerprint density at radius 2 is 1.95 bits per heavy atom. The number of hydrogen-bond donors (Lipinski definition) is 2. The Morgan fingerprint density at radius 3 is 2.53 bits per heavy atom. The highest BCUT2D eigenvalue weighted by Gasteiger charge is 2.04. The van der Waals surface area contributed by atoms with Crippen molar-refractivity contribution in [1.29, 1.82) is 0 Å². The first kappa shape index (κ1) is 13.3. The number of carbonyl (C=O) groups excluding carboxylic acids is 1. The van der Waals surface area contributed by atoms with Gasteiger partial charge >= 0.3 is 0 Å². The summed E-state index contributed by atoms with van der Waals surface area (Å²) < 4.78 is 4.93. The minimum absolute atomic E-state index is 0.0377. The SMILES string of the molecule is NC(=S)c1ccc(CC(=O)NCc2ccoc2)cc1. The smallest absolute Gasteiger partial charge is 0.224 e. The standard InChI is InChI=1S/C14H14N2O2S/c15-14(19)12-3-1-10(2-4-12)7-13(17)16-8-11-5-6-18-9-11/h1-6,9H,7-8H2,(H2,15,19)(H,16,17). The van der Waals surface area contributed by atoms with Crippen LogP contribution in [0.2, 0.25) is 0 Å². The first-order valence-electron chi connectivity index (χ1n) is 5.81. The number of furan rings is 1. The van der Waals surface area contributed by atoms with Crippen LogP contribution in [0.25, 0.3) is 0 Å². The molecule has 0 spiro atoms. The fourth-order valence-electron chi connectivity index (χ4n) is 1.63. The maximum atomic E-state index is 11.7. The van der Waals surface area contributed by atoms with Crippen LogP contribution < -0.4 is 11.1 Å². The summed E-state index contributed by atoms with van der Waals surface area (Å²) in [6.45, 7) is 0.473. The van der Waals surface area contributed by atoms with Crippen molar-refractivity contribution < 1.29 is 9.21 Å². The second kappa shape index (κ2) is 6.15. The monoisotopic (exact) mass is 274 g/mol. The first-order chi connectivity index (χ1) is 9.15. The van der Waals surface area contributed by atoms with E-state index >= 15 is 0 Å². The van der Waals surface area contributed by atoms with Gasteiger partial charge in [0.1, 0.15) is 4.99 Å². The Morgan fingerprint density at radius 1 is 1.21 bits per heavy atom. The summed E-state index contributed by atoms with van der Waals surface area (Å²) in [5.41, 5.74) is 8.18. The van der Waals surface area contributed by atoms with E-state index in [1.807, 2.05) is 30.3 Å². The molecule has 98 valence electrons.